The highest BCUT2D eigenvalue weighted by Crippen LogP contribution is 2.22. The summed E-state index contributed by atoms with van der Waals surface area (Å²) in [6.45, 7) is 1.60. The molecule has 1 aromatic carbocycles. The van der Waals surface area contributed by atoms with Crippen LogP contribution in [0.1, 0.15) is 10.4 Å². The first-order chi connectivity index (χ1) is 8.22. The summed E-state index contributed by atoms with van der Waals surface area (Å²) in [5.41, 5.74) is 6.92. The number of hydrogen-bond acceptors (Lipinski definition) is 4. The van der Waals surface area contributed by atoms with Crippen LogP contribution in [0, 0.1) is 0 Å². The van der Waals surface area contributed by atoms with Crippen LogP contribution in [0.5, 0.6) is 5.75 Å². The fourth-order valence-electron chi connectivity index (χ4n) is 1.80. The Bertz CT molecular complexity index is 417. The van der Waals surface area contributed by atoms with E-state index < -0.39 is 0 Å². The molecule has 0 atom stereocenters. The summed E-state index contributed by atoms with van der Waals surface area (Å²) in [6, 6.07) is 5.19. The number of nitrogens with two attached hydrogens (primary N) is 1. The normalized spacial score (nSPS) is 15.7. The van der Waals surface area contributed by atoms with E-state index in [0.29, 0.717) is 17.0 Å². The Morgan fingerprint density at radius 3 is 2.71 bits per heavy atom. The topological polar surface area (TPSA) is 55.6 Å². The van der Waals surface area contributed by atoms with E-state index in [9.17, 15) is 4.79 Å². The molecule has 2 rings (SSSR count). The molecule has 0 aromatic heterocycles. The average molecular weight is 252 g/mol. The second-order valence-electron chi connectivity index (χ2n) is 3.86. The van der Waals surface area contributed by atoms with Crippen molar-refractivity contribution in [2.24, 2.45) is 0 Å². The lowest BCUT2D eigenvalue weighted by Gasteiger charge is -2.26. The van der Waals surface area contributed by atoms with Crippen molar-refractivity contribution in [3.05, 3.63) is 23.8 Å². The van der Waals surface area contributed by atoms with Crippen molar-refractivity contribution in [2.75, 3.05) is 37.4 Å². The zero-order valence-corrected chi connectivity index (χ0v) is 10.6. The number of carbonyl (C=O) groups excluding carboxylic acids is 1. The quantitative estimate of drug-likeness (QED) is 0.810. The second kappa shape index (κ2) is 5.31. The third-order valence-corrected chi connectivity index (χ3v) is 3.73. The predicted molar refractivity (Wildman–Crippen MR) is 70.6 cm³/mol. The standard InChI is InChI=1S/C12H16N2O2S/c1-16-9-2-3-10(11(13)8-9)12(15)14-4-6-17-7-5-14/h2-3,8H,4-7,13H2,1H3. The van der Waals surface area contributed by atoms with Gasteiger partial charge < -0.3 is 15.4 Å². The highest BCUT2D eigenvalue weighted by molar-refractivity contribution is 7.99. The molecular formula is C12H16N2O2S. The summed E-state index contributed by atoms with van der Waals surface area (Å²) in [5, 5.41) is 0. The average Bonchev–Trinajstić information content (AvgIpc) is 2.39. The van der Waals surface area contributed by atoms with Gasteiger partial charge in [0.05, 0.1) is 12.7 Å². The molecule has 0 spiro atoms. The van der Waals surface area contributed by atoms with Crippen LogP contribution in [0.2, 0.25) is 0 Å². The Morgan fingerprint density at radius 2 is 2.12 bits per heavy atom. The van der Waals surface area contributed by atoms with Crippen molar-refractivity contribution >= 4 is 23.4 Å². The van der Waals surface area contributed by atoms with Crippen LogP contribution in [0.3, 0.4) is 0 Å². The fraction of sp³-hybridized carbons (Fsp3) is 0.417. The van der Waals surface area contributed by atoms with E-state index in [0.717, 1.165) is 24.6 Å². The fourth-order valence-corrected chi connectivity index (χ4v) is 2.70. The minimum absolute atomic E-state index is 0.0189. The van der Waals surface area contributed by atoms with Crippen molar-refractivity contribution in [3.8, 4) is 5.75 Å². The number of hydrogen-bond donors (Lipinski definition) is 1. The number of rotatable bonds is 2. The van der Waals surface area contributed by atoms with Crippen LogP contribution >= 0.6 is 11.8 Å². The number of nitrogen functional groups attached to an aromatic ring is 1. The van der Waals surface area contributed by atoms with E-state index in [1.54, 1.807) is 25.3 Å². The lowest BCUT2D eigenvalue weighted by Crippen LogP contribution is -2.38. The molecule has 2 N–H and O–H groups in total. The van der Waals surface area contributed by atoms with E-state index >= 15 is 0 Å². The van der Waals surface area contributed by atoms with Crippen molar-refractivity contribution in [1.29, 1.82) is 0 Å². The highest BCUT2D eigenvalue weighted by Gasteiger charge is 2.20. The number of thioether (sulfide) groups is 1. The van der Waals surface area contributed by atoms with Crippen LogP contribution in [-0.4, -0.2) is 42.5 Å². The number of nitrogens with zero attached hydrogens (tertiary/aromatic N) is 1. The van der Waals surface area contributed by atoms with E-state index in [4.69, 9.17) is 10.5 Å². The van der Waals surface area contributed by atoms with E-state index in [-0.39, 0.29) is 5.91 Å². The van der Waals surface area contributed by atoms with E-state index in [2.05, 4.69) is 0 Å². The molecule has 1 saturated heterocycles. The number of anilines is 1. The number of carbonyl (C=O) groups is 1. The van der Waals surface area contributed by atoms with Gasteiger partial charge in [0.25, 0.3) is 5.91 Å². The summed E-state index contributed by atoms with van der Waals surface area (Å²) in [6.07, 6.45) is 0. The lowest BCUT2D eigenvalue weighted by molar-refractivity contribution is 0.0773. The SMILES string of the molecule is COc1ccc(C(=O)N2CCSCC2)c(N)c1. The summed E-state index contributed by atoms with van der Waals surface area (Å²) >= 11 is 1.88. The molecule has 0 unspecified atom stereocenters. The maximum absolute atomic E-state index is 12.2. The molecular weight excluding hydrogens is 236 g/mol. The van der Waals surface area contributed by atoms with Gasteiger partial charge in [-0.15, -0.1) is 0 Å². The Kier molecular flexibility index (Phi) is 3.78. The van der Waals surface area contributed by atoms with Crippen LogP contribution in [-0.2, 0) is 0 Å². The Morgan fingerprint density at radius 1 is 1.41 bits per heavy atom. The molecule has 1 aliphatic rings. The molecule has 1 heterocycles. The highest BCUT2D eigenvalue weighted by atomic mass is 32.2. The van der Waals surface area contributed by atoms with E-state index in [1.807, 2.05) is 16.7 Å². The smallest absolute Gasteiger partial charge is 0.256 e. The minimum Gasteiger partial charge on any atom is -0.497 e. The zero-order chi connectivity index (χ0) is 12.3. The van der Waals surface area contributed by atoms with Crippen molar-refractivity contribution < 1.29 is 9.53 Å². The predicted octanol–water partition coefficient (Wildman–Crippen LogP) is 1.47. The molecule has 4 nitrogen and oxygen atoms in total. The maximum Gasteiger partial charge on any atom is 0.256 e. The van der Waals surface area contributed by atoms with Gasteiger partial charge in [-0.25, -0.2) is 0 Å². The van der Waals surface area contributed by atoms with Crippen LogP contribution in [0.15, 0.2) is 18.2 Å². The van der Waals surface area contributed by atoms with Crippen LogP contribution in [0.25, 0.3) is 0 Å². The molecule has 0 radical (unpaired) electrons. The van der Waals surface area contributed by atoms with Crippen LogP contribution < -0.4 is 10.5 Å². The van der Waals surface area contributed by atoms with Gasteiger partial charge in [0.1, 0.15) is 5.75 Å². The van der Waals surface area contributed by atoms with Gasteiger partial charge >= 0.3 is 0 Å². The number of methoxy groups -OCH3 is 1. The number of benzene rings is 1. The summed E-state index contributed by atoms with van der Waals surface area (Å²) < 4.78 is 5.07. The van der Waals surface area contributed by atoms with Gasteiger partial charge in [0.15, 0.2) is 0 Å². The molecule has 0 saturated carbocycles. The monoisotopic (exact) mass is 252 g/mol. The molecule has 0 aliphatic carbocycles. The molecule has 0 bridgehead atoms. The van der Waals surface area contributed by atoms with Gasteiger partial charge in [0.2, 0.25) is 0 Å². The largest absolute Gasteiger partial charge is 0.497 e. The molecule has 5 heteroatoms. The van der Waals surface area contributed by atoms with Gasteiger partial charge in [-0.05, 0) is 12.1 Å². The molecule has 1 aliphatic heterocycles. The molecule has 1 aromatic rings. The minimum atomic E-state index is 0.0189. The summed E-state index contributed by atoms with van der Waals surface area (Å²) in [7, 11) is 1.58. The van der Waals surface area contributed by atoms with Crippen molar-refractivity contribution in [3.63, 3.8) is 0 Å². The molecule has 1 amide bonds. The Hall–Kier alpha value is -1.36. The zero-order valence-electron chi connectivity index (χ0n) is 9.81. The Balaban J connectivity index is 2.18. The van der Waals surface area contributed by atoms with Crippen molar-refractivity contribution in [1.82, 2.24) is 4.90 Å². The second-order valence-corrected chi connectivity index (χ2v) is 5.08. The molecule has 17 heavy (non-hydrogen) atoms. The first kappa shape index (κ1) is 12.1. The van der Waals surface area contributed by atoms with Gasteiger partial charge in [-0.3, -0.25) is 4.79 Å². The number of ether oxygens (including phenoxy) is 1. The van der Waals surface area contributed by atoms with Crippen molar-refractivity contribution in [2.45, 2.75) is 0 Å². The third kappa shape index (κ3) is 2.66. The first-order valence-corrected chi connectivity index (χ1v) is 6.68. The lowest BCUT2D eigenvalue weighted by atomic mass is 10.1. The molecule has 92 valence electrons. The third-order valence-electron chi connectivity index (χ3n) is 2.79. The van der Waals surface area contributed by atoms with E-state index in [1.165, 1.54) is 0 Å². The molecule has 1 fully saturated rings. The van der Waals surface area contributed by atoms with Gasteiger partial charge in [0, 0.05) is 36.3 Å². The Labute approximate surface area is 105 Å². The summed E-state index contributed by atoms with van der Waals surface area (Å²) in [4.78, 5) is 14.1. The maximum atomic E-state index is 12.2. The van der Waals surface area contributed by atoms with Gasteiger partial charge in [-0.2, -0.15) is 11.8 Å². The first-order valence-electron chi connectivity index (χ1n) is 5.53. The number of amides is 1. The van der Waals surface area contributed by atoms with Gasteiger partial charge in [-0.1, -0.05) is 0 Å². The summed E-state index contributed by atoms with van der Waals surface area (Å²) in [5.74, 6) is 2.70. The van der Waals surface area contributed by atoms with Crippen LogP contribution in [0.4, 0.5) is 5.69 Å².